The zero-order valence-corrected chi connectivity index (χ0v) is 13.4. The maximum atomic E-state index is 11.9. The van der Waals surface area contributed by atoms with Crippen molar-refractivity contribution >= 4 is 11.6 Å². The lowest BCUT2D eigenvalue weighted by atomic mass is 10.1. The quantitative estimate of drug-likeness (QED) is 0.837. The molecule has 1 aromatic rings. The molecule has 0 aliphatic heterocycles. The highest BCUT2D eigenvalue weighted by Crippen LogP contribution is 2.11. The Hall–Kier alpha value is -1.86. The van der Waals surface area contributed by atoms with Crippen molar-refractivity contribution in [3.8, 4) is 6.07 Å². The van der Waals surface area contributed by atoms with Crippen LogP contribution in [-0.4, -0.2) is 30.4 Å². The second-order valence-corrected chi connectivity index (χ2v) is 5.81. The highest BCUT2D eigenvalue weighted by Gasteiger charge is 2.13. The van der Waals surface area contributed by atoms with Crippen LogP contribution < -0.4 is 5.32 Å². The molecule has 0 aliphatic rings. The minimum atomic E-state index is -0.00399. The summed E-state index contributed by atoms with van der Waals surface area (Å²) < 4.78 is 0. The van der Waals surface area contributed by atoms with Crippen molar-refractivity contribution in [1.82, 2.24) is 4.90 Å². The van der Waals surface area contributed by atoms with Gasteiger partial charge in [0.2, 0.25) is 5.91 Å². The first-order valence-corrected chi connectivity index (χ1v) is 7.44. The van der Waals surface area contributed by atoms with Gasteiger partial charge >= 0.3 is 0 Å². The number of carbonyl (C=O) groups is 1. The highest BCUT2D eigenvalue weighted by molar-refractivity contribution is 5.90. The van der Waals surface area contributed by atoms with Gasteiger partial charge in [0.05, 0.1) is 11.6 Å². The van der Waals surface area contributed by atoms with Gasteiger partial charge in [-0.3, -0.25) is 4.79 Å². The molecule has 1 unspecified atom stereocenters. The standard InChI is InChI=1S/C17H25N3O/c1-13(2)14(3)20(4)10-6-9-17(21)19-16-8-5-7-15(11-16)12-18/h5,7-8,11,13-14H,6,9-10H2,1-4H3,(H,19,21). The molecule has 1 rings (SSSR count). The fraction of sp³-hybridized carbons (Fsp3) is 0.529. The summed E-state index contributed by atoms with van der Waals surface area (Å²) in [6.07, 6.45) is 1.32. The molecule has 0 fully saturated rings. The molecule has 114 valence electrons. The molecule has 0 aliphatic carbocycles. The molecule has 1 amide bonds. The number of carbonyl (C=O) groups excluding carboxylic acids is 1. The number of nitrogens with zero attached hydrogens (tertiary/aromatic N) is 2. The van der Waals surface area contributed by atoms with E-state index in [9.17, 15) is 4.79 Å². The third kappa shape index (κ3) is 5.97. The van der Waals surface area contributed by atoms with E-state index in [1.54, 1.807) is 24.3 Å². The lowest BCUT2D eigenvalue weighted by molar-refractivity contribution is -0.116. The van der Waals surface area contributed by atoms with Crippen molar-refractivity contribution in [2.24, 2.45) is 5.92 Å². The van der Waals surface area contributed by atoms with Crippen molar-refractivity contribution in [1.29, 1.82) is 5.26 Å². The van der Waals surface area contributed by atoms with Crippen molar-refractivity contribution in [3.63, 3.8) is 0 Å². The van der Waals surface area contributed by atoms with Gasteiger partial charge in [0.25, 0.3) is 0 Å². The fourth-order valence-corrected chi connectivity index (χ4v) is 2.09. The second kappa shape index (κ2) is 8.43. The summed E-state index contributed by atoms with van der Waals surface area (Å²) >= 11 is 0. The third-order valence-corrected chi connectivity index (χ3v) is 3.85. The van der Waals surface area contributed by atoms with E-state index < -0.39 is 0 Å². The van der Waals surface area contributed by atoms with Crippen molar-refractivity contribution in [3.05, 3.63) is 29.8 Å². The molecule has 0 saturated heterocycles. The lowest BCUT2D eigenvalue weighted by Gasteiger charge is -2.27. The van der Waals surface area contributed by atoms with Crippen LogP contribution >= 0.6 is 0 Å². The zero-order chi connectivity index (χ0) is 15.8. The minimum absolute atomic E-state index is 0.00399. The highest BCUT2D eigenvalue weighted by atomic mass is 16.1. The van der Waals surface area contributed by atoms with Crippen LogP contribution in [0, 0.1) is 17.2 Å². The number of nitrogens with one attached hydrogen (secondary N) is 1. The molecule has 0 saturated carbocycles. The van der Waals surface area contributed by atoms with Gasteiger partial charge in [0.15, 0.2) is 0 Å². The van der Waals surface area contributed by atoms with Crippen LogP contribution in [0.4, 0.5) is 5.69 Å². The number of anilines is 1. The molecular formula is C17H25N3O. The Kier molecular flexibility index (Phi) is 6.90. The van der Waals surface area contributed by atoms with E-state index in [2.05, 4.69) is 44.1 Å². The number of rotatable bonds is 7. The number of amides is 1. The van der Waals surface area contributed by atoms with Crippen LogP contribution in [0.1, 0.15) is 39.2 Å². The minimum Gasteiger partial charge on any atom is -0.326 e. The Labute approximate surface area is 127 Å². The van der Waals surface area contributed by atoms with E-state index in [-0.39, 0.29) is 5.91 Å². The Morgan fingerprint density at radius 3 is 2.71 bits per heavy atom. The second-order valence-electron chi connectivity index (χ2n) is 5.81. The first kappa shape index (κ1) is 17.2. The van der Waals surface area contributed by atoms with Gasteiger partial charge in [0.1, 0.15) is 0 Å². The Balaban J connectivity index is 2.36. The molecule has 1 N–H and O–H groups in total. The molecule has 0 spiro atoms. The normalized spacial score (nSPS) is 12.2. The van der Waals surface area contributed by atoms with Gasteiger partial charge in [-0.05, 0) is 51.1 Å². The molecule has 0 heterocycles. The first-order valence-electron chi connectivity index (χ1n) is 7.44. The summed E-state index contributed by atoms with van der Waals surface area (Å²) in [6.45, 7) is 7.52. The average molecular weight is 287 g/mol. The molecular weight excluding hydrogens is 262 g/mol. The van der Waals surface area contributed by atoms with Crippen LogP contribution in [-0.2, 0) is 4.79 Å². The summed E-state index contributed by atoms with van der Waals surface area (Å²) in [6, 6.07) is 9.55. The largest absolute Gasteiger partial charge is 0.326 e. The maximum Gasteiger partial charge on any atom is 0.224 e. The van der Waals surface area contributed by atoms with E-state index in [4.69, 9.17) is 5.26 Å². The van der Waals surface area contributed by atoms with Crippen molar-refractivity contribution in [2.75, 3.05) is 18.9 Å². The SMILES string of the molecule is CC(C)C(C)N(C)CCCC(=O)Nc1cccc(C#N)c1. The fourth-order valence-electron chi connectivity index (χ4n) is 2.09. The number of nitriles is 1. The summed E-state index contributed by atoms with van der Waals surface area (Å²) in [5.74, 6) is 0.605. The monoisotopic (exact) mass is 287 g/mol. The number of benzene rings is 1. The summed E-state index contributed by atoms with van der Waals surface area (Å²) in [4.78, 5) is 14.2. The zero-order valence-electron chi connectivity index (χ0n) is 13.4. The molecule has 0 bridgehead atoms. The number of hydrogen-bond acceptors (Lipinski definition) is 3. The summed E-state index contributed by atoms with van der Waals surface area (Å²) in [7, 11) is 2.10. The Morgan fingerprint density at radius 2 is 2.10 bits per heavy atom. The van der Waals surface area contributed by atoms with Crippen LogP contribution in [0.2, 0.25) is 0 Å². The van der Waals surface area contributed by atoms with Crippen molar-refractivity contribution in [2.45, 2.75) is 39.7 Å². The molecule has 0 aromatic heterocycles. The lowest BCUT2D eigenvalue weighted by Crippen LogP contribution is -2.34. The van der Waals surface area contributed by atoms with Gasteiger partial charge in [-0.1, -0.05) is 19.9 Å². The topological polar surface area (TPSA) is 56.1 Å². The Bertz CT molecular complexity index is 505. The van der Waals surface area contributed by atoms with Crippen LogP contribution in [0.5, 0.6) is 0 Å². The summed E-state index contributed by atoms with van der Waals surface area (Å²) in [5, 5.41) is 11.7. The van der Waals surface area contributed by atoms with Crippen molar-refractivity contribution < 1.29 is 4.79 Å². The predicted molar refractivity (Wildman–Crippen MR) is 86.0 cm³/mol. The van der Waals surface area contributed by atoms with E-state index >= 15 is 0 Å². The predicted octanol–water partition coefficient (Wildman–Crippen LogP) is 3.25. The maximum absolute atomic E-state index is 11.9. The first-order chi connectivity index (χ1) is 9.93. The van der Waals surface area contributed by atoms with Gasteiger partial charge in [0, 0.05) is 18.2 Å². The van der Waals surface area contributed by atoms with Gasteiger partial charge in [-0.25, -0.2) is 0 Å². The van der Waals surface area contributed by atoms with E-state index in [0.29, 0.717) is 29.6 Å². The summed E-state index contributed by atoms with van der Waals surface area (Å²) in [5.41, 5.74) is 1.24. The van der Waals surface area contributed by atoms with Crippen LogP contribution in [0.3, 0.4) is 0 Å². The Morgan fingerprint density at radius 1 is 1.38 bits per heavy atom. The van der Waals surface area contributed by atoms with E-state index in [1.165, 1.54) is 0 Å². The molecule has 1 atom stereocenters. The van der Waals surface area contributed by atoms with E-state index in [1.807, 2.05) is 0 Å². The van der Waals surface area contributed by atoms with Crippen LogP contribution in [0.15, 0.2) is 24.3 Å². The molecule has 4 nitrogen and oxygen atoms in total. The molecule has 1 aromatic carbocycles. The van der Waals surface area contributed by atoms with Crippen LogP contribution in [0.25, 0.3) is 0 Å². The van der Waals surface area contributed by atoms with Gasteiger partial charge in [-0.2, -0.15) is 5.26 Å². The van der Waals surface area contributed by atoms with Gasteiger partial charge in [-0.15, -0.1) is 0 Å². The third-order valence-electron chi connectivity index (χ3n) is 3.85. The van der Waals surface area contributed by atoms with Gasteiger partial charge < -0.3 is 10.2 Å². The molecule has 4 heteroatoms. The van der Waals surface area contributed by atoms with E-state index in [0.717, 1.165) is 13.0 Å². The smallest absolute Gasteiger partial charge is 0.224 e. The number of hydrogen-bond donors (Lipinski definition) is 1. The molecule has 21 heavy (non-hydrogen) atoms. The molecule has 0 radical (unpaired) electrons. The average Bonchev–Trinajstić information content (AvgIpc) is 2.46.